The summed E-state index contributed by atoms with van der Waals surface area (Å²) in [5.74, 6) is -0.173. The Kier molecular flexibility index (Phi) is 4.13. The summed E-state index contributed by atoms with van der Waals surface area (Å²) in [5, 5.41) is 3.52. The molecule has 1 saturated heterocycles. The summed E-state index contributed by atoms with van der Waals surface area (Å²) in [6, 6.07) is 3.89. The van der Waals surface area contributed by atoms with E-state index in [1.165, 1.54) is 12.1 Å². The van der Waals surface area contributed by atoms with Crippen LogP contribution in [0.2, 0.25) is 5.02 Å². The number of aryl methyl sites for hydroxylation is 1. The zero-order valence-corrected chi connectivity index (χ0v) is 12.8. The summed E-state index contributed by atoms with van der Waals surface area (Å²) in [5.41, 5.74) is 0.0329. The maximum absolute atomic E-state index is 14.0. The van der Waals surface area contributed by atoms with Gasteiger partial charge in [0.25, 0.3) is 5.91 Å². The minimum absolute atomic E-state index is 0.0329. The number of piperazine rings is 1. The average molecular weight is 323 g/mol. The molecule has 5 nitrogen and oxygen atoms in total. The van der Waals surface area contributed by atoms with E-state index in [4.69, 9.17) is 11.6 Å². The number of carbonyl (C=O) groups is 1. The predicted octanol–water partition coefficient (Wildman–Crippen LogP) is 2.00. The molecule has 2 aromatic rings. The van der Waals surface area contributed by atoms with Crippen LogP contribution in [0, 0.1) is 5.82 Å². The van der Waals surface area contributed by atoms with Crippen molar-refractivity contribution in [2.75, 3.05) is 19.6 Å². The van der Waals surface area contributed by atoms with Gasteiger partial charge in [-0.3, -0.25) is 4.79 Å². The van der Waals surface area contributed by atoms with Crippen molar-refractivity contribution >= 4 is 17.5 Å². The maximum atomic E-state index is 14.0. The molecule has 1 aromatic heterocycles. The molecule has 7 heteroatoms. The van der Waals surface area contributed by atoms with Crippen LogP contribution in [0.4, 0.5) is 4.39 Å². The highest BCUT2D eigenvalue weighted by Gasteiger charge is 2.32. The van der Waals surface area contributed by atoms with Crippen molar-refractivity contribution in [3.63, 3.8) is 0 Å². The van der Waals surface area contributed by atoms with Gasteiger partial charge in [-0.15, -0.1) is 0 Å². The van der Waals surface area contributed by atoms with Crippen LogP contribution in [0.5, 0.6) is 0 Å². The van der Waals surface area contributed by atoms with Gasteiger partial charge in [-0.2, -0.15) is 0 Å². The summed E-state index contributed by atoms with van der Waals surface area (Å²) in [4.78, 5) is 18.7. The SMILES string of the molecule is Cn1ccnc1C1CNCCN1C(=O)c1ccc(Cl)cc1F. The van der Waals surface area contributed by atoms with Crippen LogP contribution in [0.1, 0.15) is 22.2 Å². The molecule has 0 radical (unpaired) electrons. The first-order valence-corrected chi connectivity index (χ1v) is 7.39. The number of rotatable bonds is 2. The number of amides is 1. The second-order valence-electron chi connectivity index (χ2n) is 5.24. The predicted molar refractivity (Wildman–Crippen MR) is 81.3 cm³/mol. The Morgan fingerprint density at radius 2 is 2.32 bits per heavy atom. The smallest absolute Gasteiger partial charge is 0.257 e. The van der Waals surface area contributed by atoms with E-state index in [2.05, 4.69) is 10.3 Å². The van der Waals surface area contributed by atoms with Gasteiger partial charge in [-0.1, -0.05) is 11.6 Å². The van der Waals surface area contributed by atoms with E-state index in [9.17, 15) is 9.18 Å². The van der Waals surface area contributed by atoms with E-state index in [1.54, 1.807) is 11.1 Å². The lowest BCUT2D eigenvalue weighted by Gasteiger charge is -2.35. The molecule has 3 rings (SSSR count). The molecule has 1 N–H and O–H groups in total. The molecule has 1 aliphatic rings. The highest BCUT2D eigenvalue weighted by molar-refractivity contribution is 6.30. The Morgan fingerprint density at radius 1 is 1.50 bits per heavy atom. The van der Waals surface area contributed by atoms with Gasteiger partial charge in [0.2, 0.25) is 0 Å². The topological polar surface area (TPSA) is 50.2 Å². The van der Waals surface area contributed by atoms with E-state index in [1.807, 2.05) is 17.8 Å². The van der Waals surface area contributed by atoms with Crippen LogP contribution in [0.3, 0.4) is 0 Å². The van der Waals surface area contributed by atoms with Gasteiger partial charge in [0.1, 0.15) is 17.7 Å². The van der Waals surface area contributed by atoms with Gasteiger partial charge in [0.15, 0.2) is 0 Å². The molecular weight excluding hydrogens is 307 g/mol. The Balaban J connectivity index is 1.93. The molecule has 22 heavy (non-hydrogen) atoms. The van der Waals surface area contributed by atoms with Gasteiger partial charge in [0.05, 0.1) is 5.56 Å². The zero-order valence-electron chi connectivity index (χ0n) is 12.1. The molecule has 1 aromatic carbocycles. The number of nitrogens with zero attached hydrogens (tertiary/aromatic N) is 3. The number of hydrogen-bond donors (Lipinski definition) is 1. The third-order valence-electron chi connectivity index (χ3n) is 3.82. The van der Waals surface area contributed by atoms with E-state index >= 15 is 0 Å². The van der Waals surface area contributed by atoms with Crippen LogP contribution in [0.25, 0.3) is 0 Å². The van der Waals surface area contributed by atoms with Crippen molar-refractivity contribution < 1.29 is 9.18 Å². The number of benzene rings is 1. The Hall–Kier alpha value is -1.92. The van der Waals surface area contributed by atoms with Crippen molar-refractivity contribution in [2.45, 2.75) is 6.04 Å². The van der Waals surface area contributed by atoms with E-state index < -0.39 is 5.82 Å². The summed E-state index contributed by atoms with van der Waals surface area (Å²) in [7, 11) is 1.88. The minimum Gasteiger partial charge on any atom is -0.336 e. The van der Waals surface area contributed by atoms with Crippen LogP contribution in [-0.2, 0) is 7.05 Å². The molecule has 0 spiro atoms. The fraction of sp³-hybridized carbons (Fsp3) is 0.333. The van der Waals surface area contributed by atoms with Crippen molar-refractivity contribution in [1.29, 1.82) is 0 Å². The number of halogens is 2. The fourth-order valence-electron chi connectivity index (χ4n) is 2.69. The van der Waals surface area contributed by atoms with E-state index in [0.29, 0.717) is 19.6 Å². The lowest BCUT2D eigenvalue weighted by atomic mass is 10.1. The van der Waals surface area contributed by atoms with Crippen molar-refractivity contribution in [1.82, 2.24) is 19.8 Å². The molecule has 116 valence electrons. The summed E-state index contributed by atoms with van der Waals surface area (Å²) < 4.78 is 15.9. The average Bonchev–Trinajstić information content (AvgIpc) is 2.93. The normalized spacial score (nSPS) is 18.5. The van der Waals surface area contributed by atoms with Crippen LogP contribution >= 0.6 is 11.6 Å². The monoisotopic (exact) mass is 322 g/mol. The molecule has 1 unspecified atom stereocenters. The van der Waals surface area contributed by atoms with Gasteiger partial charge in [-0.05, 0) is 18.2 Å². The fourth-order valence-corrected chi connectivity index (χ4v) is 2.85. The second-order valence-corrected chi connectivity index (χ2v) is 5.68. The van der Waals surface area contributed by atoms with Crippen molar-refractivity contribution in [2.24, 2.45) is 7.05 Å². The Labute approximate surface area is 132 Å². The standard InChI is InChI=1S/C15H16ClFN4O/c1-20-6-5-19-14(20)13-9-18-4-7-21(13)15(22)11-3-2-10(16)8-12(11)17/h2-3,5-6,8,13,18H,4,7,9H2,1H3. The van der Waals surface area contributed by atoms with Crippen LogP contribution < -0.4 is 5.32 Å². The molecular formula is C15H16ClFN4O. The third-order valence-corrected chi connectivity index (χ3v) is 4.06. The molecule has 0 bridgehead atoms. The lowest BCUT2D eigenvalue weighted by Crippen LogP contribution is -2.49. The molecule has 1 fully saturated rings. The molecule has 0 aliphatic carbocycles. The first-order chi connectivity index (χ1) is 10.6. The number of carbonyl (C=O) groups excluding carboxylic acids is 1. The van der Waals surface area contributed by atoms with Gasteiger partial charge >= 0.3 is 0 Å². The molecule has 1 amide bonds. The number of hydrogen-bond acceptors (Lipinski definition) is 3. The second kappa shape index (κ2) is 6.06. The molecule has 1 atom stereocenters. The lowest BCUT2D eigenvalue weighted by molar-refractivity contribution is 0.0616. The highest BCUT2D eigenvalue weighted by atomic mass is 35.5. The first kappa shape index (κ1) is 15.0. The number of imidazole rings is 1. The first-order valence-electron chi connectivity index (χ1n) is 7.02. The largest absolute Gasteiger partial charge is 0.336 e. The summed E-state index contributed by atoms with van der Waals surface area (Å²) in [6.45, 7) is 1.76. The van der Waals surface area contributed by atoms with E-state index in [0.717, 1.165) is 11.9 Å². The summed E-state index contributed by atoms with van der Waals surface area (Å²) >= 11 is 5.75. The Morgan fingerprint density at radius 3 is 3.00 bits per heavy atom. The van der Waals surface area contributed by atoms with Gasteiger partial charge < -0.3 is 14.8 Å². The van der Waals surface area contributed by atoms with Gasteiger partial charge in [-0.25, -0.2) is 9.37 Å². The zero-order chi connectivity index (χ0) is 15.7. The number of nitrogens with one attached hydrogen (secondary N) is 1. The molecule has 1 aliphatic heterocycles. The minimum atomic E-state index is -0.602. The molecule has 2 heterocycles. The third kappa shape index (κ3) is 2.71. The van der Waals surface area contributed by atoms with Crippen molar-refractivity contribution in [3.8, 4) is 0 Å². The Bertz CT molecular complexity index is 703. The van der Waals surface area contributed by atoms with Crippen LogP contribution in [0.15, 0.2) is 30.6 Å². The quantitative estimate of drug-likeness (QED) is 0.920. The number of aromatic nitrogens is 2. The molecule has 0 saturated carbocycles. The van der Waals surface area contributed by atoms with Crippen molar-refractivity contribution in [3.05, 3.63) is 52.8 Å². The highest BCUT2D eigenvalue weighted by Crippen LogP contribution is 2.24. The van der Waals surface area contributed by atoms with Gasteiger partial charge in [0, 0.05) is 44.1 Å². The van der Waals surface area contributed by atoms with Crippen LogP contribution in [-0.4, -0.2) is 40.0 Å². The van der Waals surface area contributed by atoms with E-state index in [-0.39, 0.29) is 22.5 Å². The summed E-state index contributed by atoms with van der Waals surface area (Å²) in [6.07, 6.45) is 3.52. The maximum Gasteiger partial charge on any atom is 0.257 e.